The molecule has 0 bridgehead atoms. The largest absolute Gasteiger partial charge is 0.394 e. The van der Waals surface area contributed by atoms with Gasteiger partial charge in [-0.1, -0.05) is 339 Å². The van der Waals surface area contributed by atoms with Crippen LogP contribution in [0.15, 0.2) is 36.5 Å². The molecular formula is C77H145NO13. The number of aliphatic hydroxyl groups excluding tert-OH is 8. The van der Waals surface area contributed by atoms with Crippen molar-refractivity contribution >= 4 is 5.91 Å². The van der Waals surface area contributed by atoms with Gasteiger partial charge in [-0.15, -0.1) is 0 Å². The molecule has 2 fully saturated rings. The molecule has 14 heteroatoms. The molecule has 14 nitrogen and oxygen atoms in total. The van der Waals surface area contributed by atoms with Crippen LogP contribution in [0.4, 0.5) is 0 Å². The van der Waals surface area contributed by atoms with Crippen molar-refractivity contribution in [2.75, 3.05) is 19.8 Å². The van der Waals surface area contributed by atoms with Gasteiger partial charge in [0.2, 0.25) is 5.91 Å². The number of nitrogens with one attached hydrogen (secondary N) is 1. The molecule has 0 saturated carbocycles. The van der Waals surface area contributed by atoms with Crippen LogP contribution in [0.5, 0.6) is 0 Å². The van der Waals surface area contributed by atoms with E-state index >= 15 is 0 Å². The number of carbonyl (C=O) groups excluding carboxylic acids is 1. The lowest BCUT2D eigenvalue weighted by Crippen LogP contribution is -2.65. The fraction of sp³-hybridized carbons (Fsp3) is 0.909. The van der Waals surface area contributed by atoms with E-state index in [1.54, 1.807) is 6.08 Å². The molecule has 2 aliphatic heterocycles. The van der Waals surface area contributed by atoms with Gasteiger partial charge in [-0.25, -0.2) is 0 Å². The van der Waals surface area contributed by atoms with Gasteiger partial charge in [0.1, 0.15) is 48.8 Å². The number of carbonyl (C=O) groups is 1. The summed E-state index contributed by atoms with van der Waals surface area (Å²) in [5, 5.41) is 87.5. The number of unbranched alkanes of at least 4 members (excludes halogenated alkanes) is 48. The summed E-state index contributed by atoms with van der Waals surface area (Å²) in [7, 11) is 0. The Morgan fingerprint density at radius 2 is 0.703 bits per heavy atom. The molecule has 2 heterocycles. The Kier molecular flexibility index (Phi) is 57.9. The van der Waals surface area contributed by atoms with E-state index in [0.29, 0.717) is 12.8 Å². The highest BCUT2D eigenvalue weighted by atomic mass is 16.7. The highest BCUT2D eigenvalue weighted by Crippen LogP contribution is 2.30. The Morgan fingerprint density at radius 3 is 1.08 bits per heavy atom. The highest BCUT2D eigenvalue weighted by Gasteiger charge is 2.51. The van der Waals surface area contributed by atoms with Gasteiger partial charge in [-0.2, -0.15) is 0 Å². The van der Waals surface area contributed by atoms with Crippen LogP contribution < -0.4 is 5.32 Å². The van der Waals surface area contributed by atoms with Crippen LogP contribution in [0.1, 0.15) is 354 Å². The maximum atomic E-state index is 13.4. The van der Waals surface area contributed by atoms with Gasteiger partial charge in [-0.05, 0) is 44.9 Å². The van der Waals surface area contributed by atoms with Crippen LogP contribution in [0.3, 0.4) is 0 Å². The van der Waals surface area contributed by atoms with Gasteiger partial charge in [-0.3, -0.25) is 4.79 Å². The molecule has 0 spiro atoms. The Morgan fingerprint density at radius 1 is 0.385 bits per heavy atom. The minimum atomic E-state index is -1.79. The second-order valence-corrected chi connectivity index (χ2v) is 27.5. The quantitative estimate of drug-likeness (QED) is 0.0204. The van der Waals surface area contributed by atoms with Crippen molar-refractivity contribution in [3.05, 3.63) is 36.5 Å². The smallest absolute Gasteiger partial charge is 0.220 e. The van der Waals surface area contributed by atoms with E-state index in [0.717, 1.165) is 44.9 Å². The van der Waals surface area contributed by atoms with Crippen molar-refractivity contribution in [2.45, 2.75) is 428 Å². The summed E-state index contributed by atoms with van der Waals surface area (Å²) in [5.41, 5.74) is 0. The van der Waals surface area contributed by atoms with E-state index in [4.69, 9.17) is 18.9 Å². The SMILES string of the molecule is CCCCCCCCCCCCCCCCCC/C=C/CC/C=C/CC/C=C/C(O)C(COC1OC(CO)C(OC2OC(CO)C(O)C(O)C2O)C(O)C1O)NC(=O)CCCCCCCCCCCCCCCCCCCCCCCCCCCCCCCCC. The van der Waals surface area contributed by atoms with Crippen LogP contribution >= 0.6 is 0 Å². The van der Waals surface area contributed by atoms with Crippen molar-refractivity contribution in [3.63, 3.8) is 0 Å². The molecular weight excluding hydrogens is 1150 g/mol. The summed E-state index contributed by atoms with van der Waals surface area (Å²) < 4.78 is 22.9. The maximum Gasteiger partial charge on any atom is 0.220 e. The zero-order chi connectivity index (χ0) is 65.9. The minimum absolute atomic E-state index is 0.246. The second-order valence-electron chi connectivity index (χ2n) is 27.5. The minimum Gasteiger partial charge on any atom is -0.394 e. The molecule has 0 aromatic carbocycles. The zero-order valence-corrected chi connectivity index (χ0v) is 58.6. The van der Waals surface area contributed by atoms with Gasteiger partial charge < -0.3 is 65.1 Å². The van der Waals surface area contributed by atoms with Crippen LogP contribution in [0.25, 0.3) is 0 Å². The normalized spacial score (nSPS) is 22.9. The first-order valence-corrected chi connectivity index (χ1v) is 38.7. The highest BCUT2D eigenvalue weighted by molar-refractivity contribution is 5.76. The Balaban J connectivity index is 1.65. The van der Waals surface area contributed by atoms with Crippen molar-refractivity contribution in [2.24, 2.45) is 0 Å². The summed E-state index contributed by atoms with van der Waals surface area (Å²) in [6.45, 7) is 2.84. The Labute approximate surface area is 557 Å². The number of hydrogen-bond acceptors (Lipinski definition) is 13. The summed E-state index contributed by atoms with van der Waals surface area (Å²) in [4.78, 5) is 13.4. The molecule has 9 N–H and O–H groups in total. The number of aliphatic hydroxyl groups is 8. The molecule has 12 unspecified atom stereocenters. The number of ether oxygens (including phenoxy) is 4. The molecule has 0 radical (unpaired) electrons. The predicted molar refractivity (Wildman–Crippen MR) is 374 cm³/mol. The van der Waals surface area contributed by atoms with E-state index in [-0.39, 0.29) is 18.9 Å². The third-order valence-corrected chi connectivity index (χ3v) is 19.1. The van der Waals surface area contributed by atoms with Gasteiger partial charge >= 0.3 is 0 Å². The van der Waals surface area contributed by atoms with Crippen molar-refractivity contribution in [3.8, 4) is 0 Å². The van der Waals surface area contributed by atoms with E-state index in [1.807, 2.05) is 6.08 Å². The fourth-order valence-electron chi connectivity index (χ4n) is 12.9. The molecule has 1 amide bonds. The lowest BCUT2D eigenvalue weighted by Gasteiger charge is -2.46. The van der Waals surface area contributed by atoms with E-state index < -0.39 is 86.8 Å². The first-order valence-electron chi connectivity index (χ1n) is 38.7. The average Bonchev–Trinajstić information content (AvgIpc) is 0.888. The predicted octanol–water partition coefficient (Wildman–Crippen LogP) is 16.9. The van der Waals surface area contributed by atoms with Gasteiger partial charge in [0.25, 0.3) is 0 Å². The standard InChI is InChI=1S/C77H145NO13/c1-3-5-7-9-11-13-15-17-19-21-23-25-27-29-31-32-33-34-35-37-39-41-43-45-47-49-51-53-55-57-59-61-69(82)78-65(64-88-76-74(87)72(85)75(68(63-80)90-76)91-77-73(86)71(84)70(83)67(62-79)89-77)66(81)60-58-56-54-52-50-48-46-44-42-40-38-36-30-28-26-24-22-20-18-16-14-12-10-8-6-4-2/h42,44,50,52,58,60,65-68,70-77,79-81,83-87H,3-41,43,45-49,51,53-57,59,61-64H2,1-2H3,(H,78,82)/b44-42+,52-50+,60-58+. The average molecular weight is 1290 g/mol. The van der Waals surface area contributed by atoms with E-state index in [9.17, 15) is 45.6 Å². The Hall–Kier alpha value is -1.79. The molecule has 0 aliphatic carbocycles. The van der Waals surface area contributed by atoms with Crippen LogP contribution in [0.2, 0.25) is 0 Å². The van der Waals surface area contributed by atoms with Crippen molar-refractivity contribution < 1.29 is 64.6 Å². The summed E-state index contributed by atoms with van der Waals surface area (Å²) in [6.07, 6.45) is 63.7. The molecule has 91 heavy (non-hydrogen) atoms. The van der Waals surface area contributed by atoms with Gasteiger partial charge in [0.15, 0.2) is 12.6 Å². The third kappa shape index (κ3) is 45.4. The van der Waals surface area contributed by atoms with Crippen LogP contribution in [-0.2, 0) is 23.7 Å². The van der Waals surface area contributed by atoms with Crippen molar-refractivity contribution in [1.82, 2.24) is 5.32 Å². The maximum absolute atomic E-state index is 13.4. The van der Waals surface area contributed by atoms with Crippen LogP contribution in [0, 0.1) is 0 Å². The molecule has 2 saturated heterocycles. The summed E-state index contributed by atoms with van der Waals surface area (Å²) in [6, 6.07) is -0.938. The fourth-order valence-corrected chi connectivity index (χ4v) is 12.9. The molecule has 12 atom stereocenters. The third-order valence-electron chi connectivity index (χ3n) is 19.1. The number of hydrogen-bond donors (Lipinski definition) is 9. The Bertz CT molecular complexity index is 1670. The first kappa shape index (κ1) is 85.3. The lowest BCUT2D eigenvalue weighted by molar-refractivity contribution is -0.359. The number of rotatable bonds is 65. The lowest BCUT2D eigenvalue weighted by atomic mass is 9.97. The van der Waals surface area contributed by atoms with Gasteiger partial charge in [0.05, 0.1) is 32.0 Å². The van der Waals surface area contributed by atoms with Gasteiger partial charge in [0, 0.05) is 6.42 Å². The summed E-state index contributed by atoms with van der Waals surface area (Å²) >= 11 is 0. The zero-order valence-electron chi connectivity index (χ0n) is 58.6. The molecule has 0 aromatic rings. The summed E-state index contributed by atoms with van der Waals surface area (Å²) in [5.74, 6) is -0.246. The molecule has 0 aromatic heterocycles. The number of amides is 1. The molecule has 2 aliphatic rings. The molecule has 536 valence electrons. The van der Waals surface area contributed by atoms with E-state index in [2.05, 4.69) is 43.5 Å². The first-order chi connectivity index (χ1) is 44.6. The second kappa shape index (κ2) is 61.8. The monoisotopic (exact) mass is 1290 g/mol. The van der Waals surface area contributed by atoms with Crippen molar-refractivity contribution in [1.29, 1.82) is 0 Å². The van der Waals surface area contributed by atoms with E-state index in [1.165, 1.54) is 276 Å². The number of allylic oxidation sites excluding steroid dienone is 5. The van der Waals surface area contributed by atoms with Crippen LogP contribution in [-0.4, -0.2) is 140 Å². The molecule has 2 rings (SSSR count). The topological polar surface area (TPSA) is 228 Å².